The Bertz CT molecular complexity index is 1820. The van der Waals surface area contributed by atoms with Crippen molar-refractivity contribution in [1.29, 1.82) is 0 Å². The van der Waals surface area contributed by atoms with Crippen LogP contribution in [0.2, 0.25) is 0 Å². The molecule has 6 rings (SSSR count). The maximum atomic E-state index is 13.9. The van der Waals surface area contributed by atoms with Crippen LogP contribution in [0.4, 0.5) is 4.39 Å². The van der Waals surface area contributed by atoms with Crippen LogP contribution in [0, 0.1) is 11.7 Å². The van der Waals surface area contributed by atoms with Gasteiger partial charge in [-0.25, -0.2) is 4.39 Å². The fraction of sp³-hybridized carbons (Fsp3) is 0.212. The predicted molar refractivity (Wildman–Crippen MR) is 161 cm³/mol. The van der Waals surface area contributed by atoms with E-state index in [0.29, 0.717) is 17.0 Å². The van der Waals surface area contributed by atoms with E-state index in [2.05, 4.69) is 37.0 Å². The van der Waals surface area contributed by atoms with Gasteiger partial charge in [-0.2, -0.15) is 5.10 Å². The molecule has 4 aromatic heterocycles. The van der Waals surface area contributed by atoms with E-state index in [4.69, 9.17) is 0 Å². The van der Waals surface area contributed by atoms with Crippen LogP contribution in [-0.4, -0.2) is 31.1 Å². The van der Waals surface area contributed by atoms with Crippen LogP contribution in [0.5, 0.6) is 0 Å². The van der Waals surface area contributed by atoms with E-state index in [0.717, 1.165) is 70.1 Å². The van der Waals surface area contributed by atoms with E-state index in [1.807, 2.05) is 43.3 Å². The van der Waals surface area contributed by atoms with Crippen molar-refractivity contribution in [1.82, 2.24) is 30.5 Å². The van der Waals surface area contributed by atoms with Crippen molar-refractivity contribution < 1.29 is 9.18 Å². The Morgan fingerprint density at radius 3 is 2.66 bits per heavy atom. The number of fused-ring (bicyclic) bond motifs is 2. The van der Waals surface area contributed by atoms with Gasteiger partial charge < -0.3 is 10.3 Å². The van der Waals surface area contributed by atoms with Crippen molar-refractivity contribution in [3.63, 3.8) is 0 Å². The number of allylic oxidation sites excluding steroid dienone is 4. The Morgan fingerprint density at radius 1 is 1.05 bits per heavy atom. The number of aromatic amines is 2. The van der Waals surface area contributed by atoms with Crippen LogP contribution in [0.1, 0.15) is 44.7 Å². The third kappa shape index (κ3) is 5.33. The molecule has 0 bridgehead atoms. The molecule has 0 atom stereocenters. The fourth-order valence-electron chi connectivity index (χ4n) is 5.55. The minimum absolute atomic E-state index is 0.0528. The predicted octanol–water partition coefficient (Wildman–Crippen LogP) is 7.48. The Hall–Kier alpha value is -4.85. The zero-order valence-electron chi connectivity index (χ0n) is 22.9. The van der Waals surface area contributed by atoms with Gasteiger partial charge in [0, 0.05) is 39.7 Å². The lowest BCUT2D eigenvalue weighted by Gasteiger charge is -2.21. The number of pyridine rings is 2. The van der Waals surface area contributed by atoms with Gasteiger partial charge in [0.05, 0.1) is 28.8 Å². The molecule has 0 unspecified atom stereocenters. The number of nitrogens with zero attached hydrogens (tertiary/aromatic N) is 3. The highest BCUT2D eigenvalue weighted by molar-refractivity contribution is 6.00. The van der Waals surface area contributed by atoms with E-state index in [-0.39, 0.29) is 17.6 Å². The lowest BCUT2D eigenvalue weighted by atomic mass is 9.88. The van der Waals surface area contributed by atoms with Crippen LogP contribution in [-0.2, 0) is 4.79 Å². The van der Waals surface area contributed by atoms with Crippen LogP contribution in [0.3, 0.4) is 0 Å². The summed E-state index contributed by atoms with van der Waals surface area (Å²) in [6, 6.07) is 12.3. The first-order chi connectivity index (χ1) is 20.0. The summed E-state index contributed by atoms with van der Waals surface area (Å²) in [5.41, 5.74) is 6.85. The molecular formula is C33H31FN6O. The van der Waals surface area contributed by atoms with Gasteiger partial charge in [-0.15, -0.1) is 0 Å². The number of aromatic nitrogens is 5. The fourth-order valence-corrected chi connectivity index (χ4v) is 5.55. The van der Waals surface area contributed by atoms with Crippen LogP contribution >= 0.6 is 0 Å². The van der Waals surface area contributed by atoms with E-state index in [1.165, 1.54) is 18.6 Å². The standard InChI is InChI=1S/C33H31FN6O/c1-3-20(16-24(4-2)37-33(41)21-9-6-5-7-10-21)28-17-26-30(19-36-28)39-40-32(26)29-18-25-27(38-29)13-14-35-31(25)22-11-8-12-23(34)15-22/h3-4,8,11-19,21,38H,2,5-7,9-10H2,1H3,(H,37,41)(H,39,40)/b20-3+,24-16+. The molecule has 1 aliphatic carbocycles. The SMILES string of the molecule is C=C/C(=C\C(=C/C)c1cc2c(-c3cc4c(-c5cccc(F)c5)nccc4[nH]3)n[nH]c2cn1)NC(=O)C1CCCCC1. The number of halogens is 1. The van der Waals surface area contributed by atoms with Gasteiger partial charge >= 0.3 is 0 Å². The molecule has 0 saturated heterocycles. The lowest BCUT2D eigenvalue weighted by Crippen LogP contribution is -2.30. The molecule has 0 spiro atoms. The molecule has 0 radical (unpaired) electrons. The highest BCUT2D eigenvalue weighted by Crippen LogP contribution is 2.34. The number of H-pyrrole nitrogens is 2. The van der Waals surface area contributed by atoms with Crippen molar-refractivity contribution in [3.8, 4) is 22.6 Å². The van der Waals surface area contributed by atoms with E-state index >= 15 is 0 Å². The molecule has 1 amide bonds. The van der Waals surface area contributed by atoms with Crippen molar-refractivity contribution in [2.75, 3.05) is 0 Å². The van der Waals surface area contributed by atoms with Gasteiger partial charge in [0.2, 0.25) is 5.91 Å². The van der Waals surface area contributed by atoms with Crippen molar-refractivity contribution in [2.24, 2.45) is 5.92 Å². The molecule has 4 heterocycles. The second-order valence-corrected chi connectivity index (χ2v) is 10.4. The molecule has 8 heteroatoms. The molecule has 1 saturated carbocycles. The van der Waals surface area contributed by atoms with Crippen molar-refractivity contribution >= 4 is 33.3 Å². The number of rotatable bonds is 7. The maximum absolute atomic E-state index is 13.9. The molecule has 1 aromatic carbocycles. The number of nitrogens with one attached hydrogen (secondary N) is 3. The second kappa shape index (κ2) is 11.3. The first kappa shape index (κ1) is 26.4. The topological polar surface area (TPSA) is 99.3 Å². The molecular weight excluding hydrogens is 515 g/mol. The number of hydrogen-bond donors (Lipinski definition) is 3. The first-order valence-electron chi connectivity index (χ1n) is 13.9. The van der Waals surface area contributed by atoms with Crippen LogP contribution in [0.15, 0.2) is 85.4 Å². The molecule has 1 fully saturated rings. The van der Waals surface area contributed by atoms with Gasteiger partial charge in [-0.1, -0.05) is 44.1 Å². The minimum atomic E-state index is -0.308. The zero-order valence-corrected chi connectivity index (χ0v) is 22.9. The number of benzene rings is 1. The Morgan fingerprint density at radius 2 is 1.88 bits per heavy atom. The van der Waals surface area contributed by atoms with Crippen LogP contribution in [0.25, 0.3) is 50.0 Å². The Kier molecular flexibility index (Phi) is 7.29. The summed E-state index contributed by atoms with van der Waals surface area (Å²) in [6.45, 7) is 5.86. The summed E-state index contributed by atoms with van der Waals surface area (Å²) in [4.78, 5) is 25.5. The Balaban J connectivity index is 1.34. The van der Waals surface area contributed by atoms with Gasteiger partial charge in [0.15, 0.2) is 0 Å². The smallest absolute Gasteiger partial charge is 0.227 e. The van der Waals surface area contributed by atoms with E-state index in [1.54, 1.807) is 24.5 Å². The molecule has 3 N–H and O–H groups in total. The van der Waals surface area contributed by atoms with Crippen molar-refractivity contribution in [3.05, 3.63) is 96.9 Å². The average Bonchev–Trinajstić information content (AvgIpc) is 3.63. The van der Waals surface area contributed by atoms with Gasteiger partial charge in [-0.3, -0.25) is 19.9 Å². The van der Waals surface area contributed by atoms with Crippen LogP contribution < -0.4 is 5.32 Å². The summed E-state index contributed by atoms with van der Waals surface area (Å²) in [5, 5.41) is 12.5. The molecule has 1 aliphatic rings. The van der Waals surface area contributed by atoms with E-state index in [9.17, 15) is 9.18 Å². The van der Waals surface area contributed by atoms with Gasteiger partial charge in [-0.05, 0) is 67.8 Å². The number of amides is 1. The molecule has 41 heavy (non-hydrogen) atoms. The average molecular weight is 547 g/mol. The number of carbonyl (C=O) groups excluding carboxylic acids is 1. The van der Waals surface area contributed by atoms with Crippen molar-refractivity contribution in [2.45, 2.75) is 39.0 Å². The lowest BCUT2D eigenvalue weighted by molar-refractivity contribution is -0.125. The second-order valence-electron chi connectivity index (χ2n) is 10.4. The monoisotopic (exact) mass is 546 g/mol. The molecule has 206 valence electrons. The normalized spacial score (nSPS) is 15.0. The summed E-state index contributed by atoms with van der Waals surface area (Å²) < 4.78 is 13.9. The quantitative estimate of drug-likeness (QED) is 0.184. The number of carbonyl (C=O) groups is 1. The molecule has 5 aromatic rings. The first-order valence-corrected chi connectivity index (χ1v) is 13.9. The minimum Gasteiger partial charge on any atom is -0.353 e. The maximum Gasteiger partial charge on any atom is 0.227 e. The van der Waals surface area contributed by atoms with Gasteiger partial charge in [0.25, 0.3) is 0 Å². The largest absolute Gasteiger partial charge is 0.353 e. The third-order valence-electron chi connectivity index (χ3n) is 7.73. The Labute approximate surface area is 237 Å². The zero-order chi connectivity index (χ0) is 28.3. The third-order valence-corrected chi connectivity index (χ3v) is 7.73. The summed E-state index contributed by atoms with van der Waals surface area (Å²) in [7, 11) is 0. The summed E-state index contributed by atoms with van der Waals surface area (Å²) in [5.74, 6) is -0.202. The molecule has 0 aliphatic heterocycles. The van der Waals surface area contributed by atoms with Gasteiger partial charge in [0.1, 0.15) is 11.5 Å². The summed E-state index contributed by atoms with van der Waals surface area (Å²) in [6.07, 6.45) is 14.3. The molecule has 7 nitrogen and oxygen atoms in total. The number of hydrogen-bond acceptors (Lipinski definition) is 4. The highest BCUT2D eigenvalue weighted by atomic mass is 19.1. The highest BCUT2D eigenvalue weighted by Gasteiger charge is 2.21. The van der Waals surface area contributed by atoms with E-state index < -0.39 is 0 Å². The summed E-state index contributed by atoms with van der Waals surface area (Å²) >= 11 is 0.